The van der Waals surface area contributed by atoms with E-state index in [0.717, 1.165) is 10.6 Å². The van der Waals surface area contributed by atoms with Gasteiger partial charge >= 0.3 is 5.97 Å². The lowest BCUT2D eigenvalue weighted by Crippen LogP contribution is -2.15. The third-order valence-electron chi connectivity index (χ3n) is 3.80. The molecule has 0 spiro atoms. The molecule has 0 aliphatic rings. The van der Waals surface area contributed by atoms with Crippen molar-refractivity contribution in [1.82, 2.24) is 4.98 Å². The number of nitrogens with one attached hydrogen (secondary N) is 1. The van der Waals surface area contributed by atoms with Crippen LogP contribution >= 0.6 is 11.8 Å². The van der Waals surface area contributed by atoms with Gasteiger partial charge in [0.1, 0.15) is 5.75 Å². The summed E-state index contributed by atoms with van der Waals surface area (Å²) in [4.78, 5) is 28.6. The zero-order valence-corrected chi connectivity index (χ0v) is 15.2. The molecule has 0 aliphatic heterocycles. The van der Waals surface area contributed by atoms with Crippen LogP contribution in [0.2, 0.25) is 0 Å². The van der Waals surface area contributed by atoms with Gasteiger partial charge in [0.25, 0.3) is 0 Å². The predicted octanol–water partition coefficient (Wildman–Crippen LogP) is 3.79. The van der Waals surface area contributed by atoms with E-state index < -0.39 is 5.97 Å². The van der Waals surface area contributed by atoms with Gasteiger partial charge in [-0.25, -0.2) is 4.79 Å². The molecule has 24 heavy (non-hydrogen) atoms. The molecule has 0 saturated heterocycles. The molecule has 0 radical (unpaired) electrons. The highest BCUT2D eigenvalue weighted by atomic mass is 32.2. The maximum Gasteiger partial charge on any atom is 0.339 e. The molecular weight excluding hydrogens is 326 g/mol. The Bertz CT molecular complexity index is 766. The van der Waals surface area contributed by atoms with Gasteiger partial charge in [0.15, 0.2) is 5.78 Å². The van der Waals surface area contributed by atoms with Crippen LogP contribution in [0.1, 0.15) is 39.0 Å². The predicted molar refractivity (Wildman–Crippen MR) is 94.2 cm³/mol. The van der Waals surface area contributed by atoms with Crippen LogP contribution in [0, 0.1) is 13.8 Å². The van der Waals surface area contributed by atoms with Crippen molar-refractivity contribution < 1.29 is 19.1 Å². The zero-order chi connectivity index (χ0) is 17.9. The average Bonchev–Trinajstić information content (AvgIpc) is 2.88. The number of ether oxygens (including phenoxy) is 2. The molecule has 0 fully saturated rings. The van der Waals surface area contributed by atoms with Gasteiger partial charge in [0.05, 0.1) is 30.7 Å². The maximum atomic E-state index is 12.8. The van der Waals surface area contributed by atoms with Gasteiger partial charge in [-0.05, 0) is 44.5 Å². The number of esters is 1. The number of Topliss-reactive ketones (excluding diaryl/α,β-unsaturated/α-hetero) is 1. The van der Waals surface area contributed by atoms with E-state index in [1.165, 1.54) is 18.9 Å². The van der Waals surface area contributed by atoms with Crippen molar-refractivity contribution >= 4 is 23.5 Å². The summed E-state index contributed by atoms with van der Waals surface area (Å²) in [6.07, 6.45) is 0. The number of H-pyrrole nitrogens is 1. The number of aromatic nitrogens is 1. The third kappa shape index (κ3) is 3.64. The Kier molecular flexibility index (Phi) is 5.72. The standard InChI is InChI=1S/C18H21NO4S/c1-10-15(18(21)23-5)11(2)19-16(10)17(20)12(3)24-14-8-6-7-13(9-14)22-4/h6-9,12,19H,1-5H3. The number of carbonyl (C=O) groups excluding carboxylic acids is 2. The lowest BCUT2D eigenvalue weighted by Gasteiger charge is -2.11. The van der Waals surface area contributed by atoms with Crippen molar-refractivity contribution in [2.24, 2.45) is 0 Å². The van der Waals surface area contributed by atoms with Crippen LogP contribution in [0.3, 0.4) is 0 Å². The Balaban J connectivity index is 2.23. The van der Waals surface area contributed by atoms with E-state index in [1.54, 1.807) is 21.0 Å². The van der Waals surface area contributed by atoms with Crippen LogP contribution in [0.5, 0.6) is 5.75 Å². The molecule has 1 unspecified atom stereocenters. The van der Waals surface area contributed by atoms with Crippen LogP contribution in [0.4, 0.5) is 0 Å². The molecule has 2 aromatic rings. The third-order valence-corrected chi connectivity index (χ3v) is 4.89. The van der Waals surface area contributed by atoms with Crippen molar-refractivity contribution in [2.75, 3.05) is 14.2 Å². The Morgan fingerprint density at radius 1 is 1.21 bits per heavy atom. The fourth-order valence-corrected chi connectivity index (χ4v) is 3.51. The first-order valence-electron chi connectivity index (χ1n) is 7.51. The smallest absolute Gasteiger partial charge is 0.339 e. The summed E-state index contributed by atoms with van der Waals surface area (Å²) in [6, 6.07) is 7.57. The van der Waals surface area contributed by atoms with Crippen molar-refractivity contribution in [3.63, 3.8) is 0 Å². The largest absolute Gasteiger partial charge is 0.497 e. The molecule has 0 bridgehead atoms. The molecule has 1 aromatic heterocycles. The zero-order valence-electron chi connectivity index (χ0n) is 14.4. The number of rotatable bonds is 6. The second-order valence-electron chi connectivity index (χ2n) is 5.42. The first kappa shape index (κ1) is 18.1. The molecule has 1 atom stereocenters. The summed E-state index contributed by atoms with van der Waals surface area (Å²) in [5, 5.41) is -0.306. The number of methoxy groups -OCH3 is 2. The van der Waals surface area contributed by atoms with E-state index >= 15 is 0 Å². The lowest BCUT2D eigenvalue weighted by molar-refractivity contribution is 0.0599. The molecule has 0 amide bonds. The molecular formula is C18H21NO4S. The van der Waals surface area contributed by atoms with Gasteiger partial charge in [-0.2, -0.15) is 0 Å². The molecule has 1 N–H and O–H groups in total. The minimum Gasteiger partial charge on any atom is -0.497 e. The van der Waals surface area contributed by atoms with E-state index in [4.69, 9.17) is 9.47 Å². The number of ketones is 1. The number of hydrogen-bond donors (Lipinski definition) is 1. The molecule has 6 heteroatoms. The van der Waals surface area contributed by atoms with E-state index in [0.29, 0.717) is 22.5 Å². The first-order chi connectivity index (χ1) is 11.4. The van der Waals surface area contributed by atoms with Crippen LogP contribution in [0.25, 0.3) is 0 Å². The normalized spacial score (nSPS) is 11.9. The van der Waals surface area contributed by atoms with Crippen LogP contribution in [-0.2, 0) is 4.74 Å². The SMILES string of the molecule is COC(=O)c1c(C)[nH]c(C(=O)C(C)Sc2cccc(OC)c2)c1C. The van der Waals surface area contributed by atoms with E-state index in [-0.39, 0.29) is 11.0 Å². The summed E-state index contributed by atoms with van der Waals surface area (Å²) in [5.41, 5.74) is 2.15. The highest BCUT2D eigenvalue weighted by Gasteiger charge is 2.25. The molecule has 0 aliphatic carbocycles. The van der Waals surface area contributed by atoms with Crippen molar-refractivity contribution in [3.05, 3.63) is 46.8 Å². The molecule has 5 nitrogen and oxygen atoms in total. The fourth-order valence-electron chi connectivity index (χ4n) is 2.54. The second-order valence-corrected chi connectivity index (χ2v) is 6.83. The van der Waals surface area contributed by atoms with Crippen molar-refractivity contribution in [3.8, 4) is 5.75 Å². The summed E-state index contributed by atoms with van der Waals surface area (Å²) in [6.45, 7) is 5.36. The summed E-state index contributed by atoms with van der Waals surface area (Å²) < 4.78 is 9.99. The molecule has 128 valence electrons. The monoisotopic (exact) mass is 347 g/mol. The lowest BCUT2D eigenvalue weighted by atomic mass is 10.1. The Morgan fingerprint density at radius 3 is 2.54 bits per heavy atom. The van der Waals surface area contributed by atoms with E-state index in [9.17, 15) is 9.59 Å². The minimum atomic E-state index is -0.437. The topological polar surface area (TPSA) is 68.4 Å². The number of benzene rings is 1. The summed E-state index contributed by atoms with van der Waals surface area (Å²) >= 11 is 1.45. The van der Waals surface area contributed by atoms with Crippen molar-refractivity contribution in [2.45, 2.75) is 30.9 Å². The fraction of sp³-hybridized carbons (Fsp3) is 0.333. The molecule has 0 saturated carbocycles. The molecule has 1 aromatic carbocycles. The molecule has 2 rings (SSSR count). The van der Waals surface area contributed by atoms with Gasteiger partial charge < -0.3 is 14.5 Å². The van der Waals surface area contributed by atoms with Crippen LogP contribution < -0.4 is 4.74 Å². The highest BCUT2D eigenvalue weighted by Crippen LogP contribution is 2.30. The minimum absolute atomic E-state index is 0.0569. The van der Waals surface area contributed by atoms with Crippen LogP contribution in [-0.4, -0.2) is 36.2 Å². The van der Waals surface area contributed by atoms with Crippen LogP contribution in [0.15, 0.2) is 29.2 Å². The highest BCUT2D eigenvalue weighted by molar-refractivity contribution is 8.00. The maximum absolute atomic E-state index is 12.8. The van der Waals surface area contributed by atoms with E-state index in [1.807, 2.05) is 31.2 Å². The van der Waals surface area contributed by atoms with E-state index in [2.05, 4.69) is 4.98 Å². The van der Waals surface area contributed by atoms with Gasteiger partial charge in [-0.1, -0.05) is 6.07 Å². The quantitative estimate of drug-likeness (QED) is 0.489. The first-order valence-corrected chi connectivity index (χ1v) is 8.39. The Morgan fingerprint density at radius 2 is 1.92 bits per heavy atom. The number of aromatic amines is 1. The van der Waals surface area contributed by atoms with Gasteiger partial charge in [-0.3, -0.25) is 4.79 Å². The van der Waals surface area contributed by atoms with Crippen molar-refractivity contribution in [1.29, 1.82) is 0 Å². The Hall–Kier alpha value is -2.21. The number of thioether (sulfide) groups is 1. The molecule has 1 heterocycles. The number of carbonyl (C=O) groups is 2. The second kappa shape index (κ2) is 7.57. The summed E-state index contributed by atoms with van der Waals surface area (Å²) in [5.74, 6) is 0.256. The average molecular weight is 347 g/mol. The summed E-state index contributed by atoms with van der Waals surface area (Å²) in [7, 11) is 2.94. The van der Waals surface area contributed by atoms with Gasteiger partial charge in [-0.15, -0.1) is 11.8 Å². The van der Waals surface area contributed by atoms with Gasteiger partial charge in [0, 0.05) is 10.6 Å². The Labute approximate surface area is 145 Å². The number of hydrogen-bond acceptors (Lipinski definition) is 5. The number of aryl methyl sites for hydroxylation is 1. The van der Waals surface area contributed by atoms with Gasteiger partial charge in [0.2, 0.25) is 0 Å².